The van der Waals surface area contributed by atoms with Gasteiger partial charge >= 0.3 is 0 Å². The van der Waals surface area contributed by atoms with Crippen LogP contribution in [-0.4, -0.2) is 54.3 Å². The summed E-state index contributed by atoms with van der Waals surface area (Å²) >= 11 is 0. The third-order valence-electron chi connectivity index (χ3n) is 4.67. The third-order valence-corrected chi connectivity index (χ3v) is 4.67. The average molecular weight is 382 g/mol. The number of hydrogen-bond donors (Lipinski definition) is 1. The highest BCUT2D eigenvalue weighted by Crippen LogP contribution is 2.24. The smallest absolute Gasteiger partial charge is 0.254 e. The summed E-state index contributed by atoms with van der Waals surface area (Å²) in [7, 11) is 1.80. The van der Waals surface area contributed by atoms with E-state index >= 15 is 0 Å². The van der Waals surface area contributed by atoms with Crippen LogP contribution in [0.2, 0.25) is 0 Å². The molecule has 1 fully saturated rings. The van der Waals surface area contributed by atoms with E-state index in [0.29, 0.717) is 36.7 Å². The van der Waals surface area contributed by atoms with E-state index in [9.17, 15) is 9.59 Å². The minimum Gasteiger partial charge on any atom is -0.341 e. The van der Waals surface area contributed by atoms with Crippen molar-refractivity contribution in [3.8, 4) is 0 Å². The van der Waals surface area contributed by atoms with E-state index in [0.717, 1.165) is 6.42 Å². The Kier molecular flexibility index (Phi) is 7.66. The maximum atomic E-state index is 12.9. The number of carbonyl (C=O) groups is 2. The molecule has 2 unspecified atom stereocenters. The molecule has 0 aromatic heterocycles. The number of nitrogens with zero attached hydrogens (tertiary/aromatic N) is 2. The molecule has 2 rings (SSSR count). The standard InChI is InChI=1S/C20H31N3O2.ClH/c1-14-9-15(11-21)12-23(14)19(25)17-8-6-7-16(10-17)18(24)22(5)13-20(2,3)4;/h6-8,10,14-15H,9,11-13,21H2,1-5H3;1H. The second-order valence-corrected chi connectivity index (χ2v) is 8.45. The van der Waals surface area contributed by atoms with Crippen molar-refractivity contribution in [1.29, 1.82) is 0 Å². The molecular formula is C20H32ClN3O2. The zero-order valence-corrected chi connectivity index (χ0v) is 17.3. The van der Waals surface area contributed by atoms with Crippen LogP contribution in [0, 0.1) is 11.3 Å². The first-order chi connectivity index (χ1) is 11.6. The van der Waals surface area contributed by atoms with Crippen molar-refractivity contribution in [3.63, 3.8) is 0 Å². The van der Waals surface area contributed by atoms with Crippen LogP contribution < -0.4 is 5.73 Å². The van der Waals surface area contributed by atoms with Gasteiger partial charge in [0.15, 0.2) is 0 Å². The minimum absolute atomic E-state index is 0. The van der Waals surface area contributed by atoms with E-state index < -0.39 is 0 Å². The predicted octanol–water partition coefficient (Wildman–Crippen LogP) is 3.04. The molecule has 26 heavy (non-hydrogen) atoms. The van der Waals surface area contributed by atoms with Gasteiger partial charge in [0, 0.05) is 37.3 Å². The van der Waals surface area contributed by atoms with E-state index in [1.54, 1.807) is 36.2 Å². The van der Waals surface area contributed by atoms with Gasteiger partial charge in [-0.05, 0) is 49.4 Å². The number of rotatable bonds is 4. The van der Waals surface area contributed by atoms with E-state index in [1.807, 2.05) is 4.90 Å². The predicted molar refractivity (Wildman–Crippen MR) is 108 cm³/mol. The van der Waals surface area contributed by atoms with Crippen LogP contribution in [0.1, 0.15) is 54.8 Å². The Morgan fingerprint density at radius 1 is 1.27 bits per heavy atom. The zero-order valence-electron chi connectivity index (χ0n) is 16.5. The summed E-state index contributed by atoms with van der Waals surface area (Å²) in [6, 6.07) is 7.24. The summed E-state index contributed by atoms with van der Waals surface area (Å²) in [4.78, 5) is 29.1. The van der Waals surface area contributed by atoms with Crippen LogP contribution in [0.3, 0.4) is 0 Å². The number of carbonyl (C=O) groups excluding carboxylic acids is 2. The molecule has 0 spiro atoms. The molecule has 1 aliphatic rings. The lowest BCUT2D eigenvalue weighted by Gasteiger charge is -2.27. The fourth-order valence-electron chi connectivity index (χ4n) is 3.55. The Morgan fingerprint density at radius 3 is 2.42 bits per heavy atom. The van der Waals surface area contributed by atoms with Gasteiger partial charge in [-0.2, -0.15) is 0 Å². The molecule has 1 aromatic rings. The van der Waals surface area contributed by atoms with E-state index in [-0.39, 0.29) is 35.7 Å². The number of nitrogens with two attached hydrogens (primary N) is 1. The van der Waals surface area contributed by atoms with Crippen LogP contribution in [-0.2, 0) is 0 Å². The molecule has 6 heteroatoms. The molecule has 0 bridgehead atoms. The number of halogens is 1. The first-order valence-corrected chi connectivity index (χ1v) is 8.99. The Labute approximate surface area is 163 Å². The largest absolute Gasteiger partial charge is 0.341 e. The van der Waals surface area contributed by atoms with Gasteiger partial charge in [0.05, 0.1) is 0 Å². The maximum absolute atomic E-state index is 12.9. The van der Waals surface area contributed by atoms with E-state index in [4.69, 9.17) is 5.73 Å². The van der Waals surface area contributed by atoms with E-state index in [2.05, 4.69) is 27.7 Å². The summed E-state index contributed by atoms with van der Waals surface area (Å²) in [6.07, 6.45) is 0.940. The molecule has 0 radical (unpaired) electrons. The molecule has 146 valence electrons. The van der Waals surface area contributed by atoms with Crippen molar-refractivity contribution < 1.29 is 9.59 Å². The normalized spacial score (nSPS) is 19.8. The van der Waals surface area contributed by atoms with Crippen molar-refractivity contribution in [3.05, 3.63) is 35.4 Å². The van der Waals surface area contributed by atoms with Gasteiger partial charge in [0.2, 0.25) is 0 Å². The lowest BCUT2D eigenvalue weighted by molar-refractivity contribution is 0.0742. The van der Waals surface area contributed by atoms with Crippen molar-refractivity contribution in [2.75, 3.05) is 26.7 Å². The Hall–Kier alpha value is -1.59. The Balaban J connectivity index is 0.00000338. The maximum Gasteiger partial charge on any atom is 0.254 e. The highest BCUT2D eigenvalue weighted by atomic mass is 35.5. The van der Waals surface area contributed by atoms with Crippen LogP contribution >= 0.6 is 12.4 Å². The molecule has 2 atom stereocenters. The van der Waals surface area contributed by atoms with Gasteiger partial charge in [0.25, 0.3) is 11.8 Å². The summed E-state index contributed by atoms with van der Waals surface area (Å²) in [6.45, 7) is 10.3. The molecule has 0 saturated carbocycles. The Bertz CT molecular complexity index is 642. The highest BCUT2D eigenvalue weighted by molar-refractivity contribution is 5.99. The summed E-state index contributed by atoms with van der Waals surface area (Å²) < 4.78 is 0. The fourth-order valence-corrected chi connectivity index (χ4v) is 3.55. The first-order valence-electron chi connectivity index (χ1n) is 8.99. The SMILES string of the molecule is CC1CC(CN)CN1C(=O)c1cccc(C(=O)N(C)CC(C)(C)C)c1.Cl. The molecule has 0 aliphatic carbocycles. The molecule has 1 aliphatic heterocycles. The molecule has 2 N–H and O–H groups in total. The van der Waals surface area contributed by atoms with Crippen molar-refractivity contribution in [2.45, 2.75) is 40.2 Å². The second-order valence-electron chi connectivity index (χ2n) is 8.45. The molecule has 1 aromatic carbocycles. The van der Waals surface area contributed by atoms with Crippen LogP contribution in [0.5, 0.6) is 0 Å². The van der Waals surface area contributed by atoms with Crippen molar-refractivity contribution in [1.82, 2.24) is 9.80 Å². The number of hydrogen-bond acceptors (Lipinski definition) is 3. The van der Waals surface area contributed by atoms with Crippen molar-refractivity contribution in [2.24, 2.45) is 17.1 Å². The van der Waals surface area contributed by atoms with Gasteiger partial charge in [-0.25, -0.2) is 0 Å². The van der Waals surface area contributed by atoms with Crippen molar-refractivity contribution >= 4 is 24.2 Å². The van der Waals surface area contributed by atoms with E-state index in [1.165, 1.54) is 0 Å². The number of benzene rings is 1. The van der Waals surface area contributed by atoms with Gasteiger partial charge in [-0.1, -0.05) is 26.8 Å². The van der Waals surface area contributed by atoms with Gasteiger partial charge in [0.1, 0.15) is 0 Å². The summed E-state index contributed by atoms with van der Waals surface area (Å²) in [5, 5.41) is 0. The average Bonchev–Trinajstić information content (AvgIpc) is 2.93. The number of likely N-dealkylation sites (tertiary alicyclic amines) is 1. The molecular weight excluding hydrogens is 350 g/mol. The monoisotopic (exact) mass is 381 g/mol. The van der Waals surface area contributed by atoms with Crippen LogP contribution in [0.15, 0.2) is 24.3 Å². The fraction of sp³-hybridized carbons (Fsp3) is 0.600. The topological polar surface area (TPSA) is 66.6 Å². The molecule has 1 heterocycles. The highest BCUT2D eigenvalue weighted by Gasteiger charge is 2.32. The van der Waals surface area contributed by atoms with Gasteiger partial charge < -0.3 is 15.5 Å². The van der Waals surface area contributed by atoms with Gasteiger partial charge in [-0.15, -0.1) is 12.4 Å². The summed E-state index contributed by atoms with van der Waals surface area (Å²) in [5.41, 5.74) is 6.91. The lowest BCUT2D eigenvalue weighted by Crippen LogP contribution is -2.35. The number of amides is 2. The Morgan fingerprint density at radius 2 is 1.88 bits per heavy atom. The second kappa shape index (κ2) is 8.87. The quantitative estimate of drug-likeness (QED) is 0.871. The van der Waals surface area contributed by atoms with Crippen LogP contribution in [0.4, 0.5) is 0 Å². The first kappa shape index (κ1) is 22.5. The third kappa shape index (κ3) is 5.45. The minimum atomic E-state index is -0.0566. The van der Waals surface area contributed by atoms with Gasteiger partial charge in [-0.3, -0.25) is 9.59 Å². The zero-order chi connectivity index (χ0) is 18.8. The summed E-state index contributed by atoms with van der Waals surface area (Å²) in [5.74, 6) is 0.289. The molecule has 2 amide bonds. The molecule has 1 saturated heterocycles. The lowest BCUT2D eigenvalue weighted by atomic mass is 9.96. The molecule has 5 nitrogen and oxygen atoms in total. The van der Waals surface area contributed by atoms with Crippen LogP contribution in [0.25, 0.3) is 0 Å².